The minimum atomic E-state index is -5.24. The first-order chi connectivity index (χ1) is 18.7. The average molecular weight is 583 g/mol. The van der Waals surface area contributed by atoms with Gasteiger partial charge in [-0.25, -0.2) is 4.79 Å². The van der Waals surface area contributed by atoms with Crippen molar-refractivity contribution in [2.75, 3.05) is 32.5 Å². The Kier molecular flexibility index (Phi) is 9.73. The van der Waals surface area contributed by atoms with Gasteiger partial charge in [0, 0.05) is 37.5 Å². The number of carbonyl (C=O) groups is 2. The number of hydrogen-bond acceptors (Lipinski definition) is 8. The van der Waals surface area contributed by atoms with E-state index < -0.39 is 24.0 Å². The summed E-state index contributed by atoms with van der Waals surface area (Å²) in [6, 6.07) is 12.7. The van der Waals surface area contributed by atoms with Crippen molar-refractivity contribution in [2.45, 2.75) is 36.2 Å². The Bertz CT molecular complexity index is 1340. The van der Waals surface area contributed by atoms with Crippen molar-refractivity contribution in [1.82, 2.24) is 9.47 Å². The number of alkyl halides is 3. The van der Waals surface area contributed by atoms with Gasteiger partial charge in [0.15, 0.2) is 0 Å². The summed E-state index contributed by atoms with van der Waals surface area (Å²) in [7, 11) is 1.54. The molecule has 0 radical (unpaired) electrons. The van der Waals surface area contributed by atoms with Crippen molar-refractivity contribution >= 4 is 45.9 Å². The van der Waals surface area contributed by atoms with E-state index in [0.717, 1.165) is 15.3 Å². The molecule has 0 aliphatic carbocycles. The number of ether oxygens (including phenoxy) is 2. The number of carbonyl (C=O) groups excluding carboxylic acids is 2. The van der Waals surface area contributed by atoms with Crippen molar-refractivity contribution in [3.05, 3.63) is 58.2 Å². The molecule has 1 aromatic carbocycles. The quantitative estimate of drug-likeness (QED) is 0.184. The van der Waals surface area contributed by atoms with Crippen molar-refractivity contribution in [3.8, 4) is 5.75 Å². The highest BCUT2D eigenvalue weighted by molar-refractivity contribution is 8.01. The van der Waals surface area contributed by atoms with Gasteiger partial charge in [-0.3, -0.25) is 9.59 Å². The summed E-state index contributed by atoms with van der Waals surface area (Å²) in [5.74, 6) is -3.41. The van der Waals surface area contributed by atoms with Gasteiger partial charge in [-0.2, -0.15) is 13.2 Å². The van der Waals surface area contributed by atoms with Gasteiger partial charge in [0.2, 0.25) is 0 Å². The third-order valence-electron chi connectivity index (χ3n) is 6.87. The molecule has 2 aromatic heterocycles. The lowest BCUT2D eigenvalue weighted by molar-refractivity contribution is -0.204. The highest BCUT2D eigenvalue weighted by atomic mass is 32.2. The van der Waals surface area contributed by atoms with E-state index >= 15 is 0 Å². The number of thiophene rings is 1. The van der Waals surface area contributed by atoms with Gasteiger partial charge in [0.25, 0.3) is 5.56 Å². The number of halogens is 3. The van der Waals surface area contributed by atoms with Gasteiger partial charge < -0.3 is 18.9 Å². The zero-order valence-corrected chi connectivity index (χ0v) is 22.9. The fourth-order valence-electron chi connectivity index (χ4n) is 4.87. The smallest absolute Gasteiger partial charge is 0.491 e. The summed E-state index contributed by atoms with van der Waals surface area (Å²) in [6.07, 6.45) is -3.66. The predicted molar refractivity (Wildman–Crippen MR) is 144 cm³/mol. The number of thioether (sulfide) groups is 1. The molecular weight excluding hydrogens is 553 g/mol. The molecule has 4 rings (SSSR count). The van der Waals surface area contributed by atoms with Crippen LogP contribution in [0.4, 0.5) is 13.2 Å². The van der Waals surface area contributed by atoms with Crippen molar-refractivity contribution in [1.29, 1.82) is 0 Å². The molecule has 7 nitrogen and oxygen atoms in total. The highest BCUT2D eigenvalue weighted by Gasteiger charge is 2.45. The van der Waals surface area contributed by atoms with Gasteiger partial charge in [-0.05, 0) is 66.8 Å². The standard InChI is InChI=1S/C27H29F3N2O5S2/c1-36-20-8-6-19-7-9-23(33)32(22(19)16-20)11-2-4-18-10-12-31(13-15-39-24-5-3-14-38-24)17-21(18)25(34)37-26(35)27(28,29)30/h3,5-9,14,16,18,21H,2,4,10-13,15,17H2,1H3. The number of esters is 2. The van der Waals surface area contributed by atoms with Crippen LogP contribution < -0.4 is 10.3 Å². The molecule has 1 aliphatic heterocycles. The van der Waals surface area contributed by atoms with Crippen LogP contribution in [0.15, 0.2) is 56.8 Å². The highest BCUT2D eigenvalue weighted by Crippen LogP contribution is 2.31. The van der Waals surface area contributed by atoms with Crippen LogP contribution in [0, 0.1) is 11.8 Å². The Labute approximate surface area is 231 Å². The Balaban J connectivity index is 1.43. The van der Waals surface area contributed by atoms with Crippen LogP contribution in [0.3, 0.4) is 0 Å². The lowest BCUT2D eigenvalue weighted by atomic mass is 9.82. The van der Waals surface area contributed by atoms with Crippen LogP contribution in [-0.2, 0) is 20.9 Å². The molecular formula is C27H29F3N2O5S2. The minimum Gasteiger partial charge on any atom is -0.497 e. The third kappa shape index (κ3) is 7.64. The van der Waals surface area contributed by atoms with E-state index in [0.29, 0.717) is 50.2 Å². The first-order valence-corrected chi connectivity index (χ1v) is 14.4. The maximum absolute atomic E-state index is 12.8. The largest absolute Gasteiger partial charge is 0.497 e. The van der Waals surface area contributed by atoms with Gasteiger partial charge in [-0.15, -0.1) is 23.1 Å². The molecule has 2 atom stereocenters. The zero-order valence-electron chi connectivity index (χ0n) is 21.3. The Morgan fingerprint density at radius 2 is 1.95 bits per heavy atom. The molecule has 0 bridgehead atoms. The number of pyridine rings is 1. The first kappa shape index (κ1) is 29.2. The normalized spacial score (nSPS) is 18.3. The van der Waals surface area contributed by atoms with Gasteiger partial charge >= 0.3 is 18.1 Å². The monoisotopic (exact) mass is 582 g/mol. The summed E-state index contributed by atoms with van der Waals surface area (Å²) in [6.45, 7) is 1.91. The van der Waals surface area contributed by atoms with E-state index in [4.69, 9.17) is 4.74 Å². The number of likely N-dealkylation sites (tertiary alicyclic amines) is 1. The summed E-state index contributed by atoms with van der Waals surface area (Å²) < 4.78 is 50.7. The SMILES string of the molecule is COc1ccc2ccc(=O)n(CCCC3CCN(CCSc4cccs4)CC3C(=O)OC(=O)C(F)(F)F)c2c1. The third-order valence-corrected chi connectivity index (χ3v) is 8.98. The average Bonchev–Trinajstić information content (AvgIpc) is 3.43. The molecule has 0 saturated carbocycles. The summed E-state index contributed by atoms with van der Waals surface area (Å²) in [4.78, 5) is 38.8. The number of methoxy groups -OCH3 is 1. The lowest BCUT2D eigenvalue weighted by Crippen LogP contribution is -2.46. The molecule has 0 spiro atoms. The molecule has 3 aromatic rings. The molecule has 1 aliphatic rings. The van der Waals surface area contributed by atoms with Crippen LogP contribution >= 0.6 is 23.1 Å². The van der Waals surface area contributed by atoms with E-state index in [2.05, 4.69) is 4.74 Å². The van der Waals surface area contributed by atoms with Gasteiger partial charge in [0.05, 0.1) is 22.8 Å². The van der Waals surface area contributed by atoms with Crippen LogP contribution in [0.1, 0.15) is 19.3 Å². The van der Waals surface area contributed by atoms with Crippen molar-refractivity contribution < 1.29 is 32.2 Å². The predicted octanol–water partition coefficient (Wildman–Crippen LogP) is 5.21. The number of fused-ring (bicyclic) bond motifs is 1. The van der Waals surface area contributed by atoms with Gasteiger partial charge in [-0.1, -0.05) is 6.07 Å². The molecule has 2 unspecified atom stereocenters. The number of rotatable bonds is 10. The number of benzene rings is 1. The molecule has 0 N–H and O–H groups in total. The van der Waals surface area contributed by atoms with E-state index in [1.165, 1.54) is 6.07 Å². The Morgan fingerprint density at radius 3 is 2.67 bits per heavy atom. The maximum Gasteiger partial charge on any atom is 0.491 e. The molecule has 0 amide bonds. The molecule has 39 heavy (non-hydrogen) atoms. The summed E-state index contributed by atoms with van der Waals surface area (Å²) in [5.41, 5.74) is 0.534. The fraction of sp³-hybridized carbons (Fsp3) is 0.444. The maximum atomic E-state index is 12.8. The number of hydrogen-bond donors (Lipinski definition) is 0. The first-order valence-electron chi connectivity index (χ1n) is 12.5. The van der Waals surface area contributed by atoms with Gasteiger partial charge in [0.1, 0.15) is 5.75 Å². The molecule has 1 saturated heterocycles. The molecule has 210 valence electrons. The molecule has 3 heterocycles. The number of aryl methyl sites for hydroxylation is 1. The van der Waals surface area contributed by atoms with Crippen LogP contribution in [0.5, 0.6) is 5.75 Å². The lowest BCUT2D eigenvalue weighted by Gasteiger charge is -2.37. The zero-order chi connectivity index (χ0) is 28.0. The number of nitrogens with zero attached hydrogens (tertiary/aromatic N) is 2. The minimum absolute atomic E-state index is 0.180. The number of aromatic nitrogens is 1. The van der Waals surface area contributed by atoms with E-state index in [1.807, 2.05) is 34.5 Å². The van der Waals surface area contributed by atoms with E-state index in [1.54, 1.807) is 46.9 Å². The second kappa shape index (κ2) is 13.0. The second-order valence-electron chi connectivity index (χ2n) is 9.33. The van der Waals surface area contributed by atoms with Crippen LogP contribution in [0.2, 0.25) is 0 Å². The molecule has 12 heteroatoms. The van der Waals surface area contributed by atoms with Crippen LogP contribution in [0.25, 0.3) is 10.9 Å². The Hall–Kier alpha value is -2.83. The number of piperidine rings is 1. The van der Waals surface area contributed by atoms with Crippen molar-refractivity contribution in [3.63, 3.8) is 0 Å². The fourth-order valence-corrected chi connectivity index (χ4v) is 6.73. The van der Waals surface area contributed by atoms with E-state index in [-0.39, 0.29) is 18.0 Å². The second-order valence-corrected chi connectivity index (χ2v) is 11.7. The summed E-state index contributed by atoms with van der Waals surface area (Å²) >= 11 is 3.31. The summed E-state index contributed by atoms with van der Waals surface area (Å²) in [5, 5.41) is 2.86. The van der Waals surface area contributed by atoms with Crippen molar-refractivity contribution in [2.24, 2.45) is 11.8 Å². The van der Waals surface area contributed by atoms with E-state index in [9.17, 15) is 27.6 Å². The van der Waals surface area contributed by atoms with Crippen LogP contribution in [-0.4, -0.2) is 60.1 Å². The Morgan fingerprint density at radius 1 is 1.15 bits per heavy atom. The molecule has 1 fully saturated rings. The topological polar surface area (TPSA) is 77.8 Å².